The Hall–Kier alpha value is -1.64. The lowest BCUT2D eigenvalue weighted by molar-refractivity contribution is 0.994. The van der Waals surface area contributed by atoms with Crippen LogP contribution in [0.4, 0.5) is 16.0 Å². The Bertz CT molecular complexity index is 824. The molecule has 3 aromatic rings. The average molecular weight is 376 g/mol. The van der Waals surface area contributed by atoms with E-state index in [-0.39, 0.29) is 0 Å². The maximum Gasteiger partial charge on any atom is 0.206 e. The number of thioether (sulfide) groups is 1. The van der Waals surface area contributed by atoms with Gasteiger partial charge >= 0.3 is 0 Å². The van der Waals surface area contributed by atoms with E-state index in [0.29, 0.717) is 6.04 Å². The fourth-order valence-electron chi connectivity index (χ4n) is 2.12. The molecule has 2 heterocycles. The third-order valence-electron chi connectivity index (χ3n) is 3.59. The number of aromatic nitrogens is 3. The molecule has 124 valence electrons. The first-order valence-corrected chi connectivity index (χ1v) is 10.4. The molecule has 1 aliphatic carbocycles. The van der Waals surface area contributed by atoms with Crippen LogP contribution in [0.25, 0.3) is 0 Å². The monoisotopic (exact) mass is 375 g/mol. The highest BCUT2D eigenvalue weighted by molar-refractivity contribution is 8.00. The number of hydrogen-bond donors (Lipinski definition) is 2. The van der Waals surface area contributed by atoms with Crippen LogP contribution in [0, 0.1) is 6.92 Å². The first kappa shape index (κ1) is 15.9. The zero-order valence-electron chi connectivity index (χ0n) is 13.2. The van der Waals surface area contributed by atoms with Crippen molar-refractivity contribution in [3.05, 3.63) is 40.9 Å². The van der Waals surface area contributed by atoms with Crippen molar-refractivity contribution in [2.75, 3.05) is 10.6 Å². The first-order chi connectivity index (χ1) is 11.8. The predicted octanol–water partition coefficient (Wildman–Crippen LogP) is 4.91. The normalized spacial score (nSPS) is 13.9. The molecule has 5 nitrogen and oxygen atoms in total. The lowest BCUT2D eigenvalue weighted by atomic mass is 10.2. The minimum Gasteiger partial charge on any atom is -0.357 e. The van der Waals surface area contributed by atoms with Crippen LogP contribution in [0.3, 0.4) is 0 Å². The molecule has 1 aromatic carbocycles. The highest BCUT2D eigenvalue weighted by Gasteiger charge is 2.22. The molecule has 0 bridgehead atoms. The molecule has 0 amide bonds. The van der Waals surface area contributed by atoms with Gasteiger partial charge in [-0.25, -0.2) is 4.98 Å². The Labute approximate surface area is 152 Å². The minimum atomic E-state index is 0.615. The number of aryl methyl sites for hydroxylation is 1. The van der Waals surface area contributed by atoms with Crippen molar-refractivity contribution in [2.24, 2.45) is 0 Å². The quantitative estimate of drug-likeness (QED) is 0.572. The zero-order valence-corrected chi connectivity index (χ0v) is 15.6. The van der Waals surface area contributed by atoms with Gasteiger partial charge in [-0.15, -0.1) is 21.5 Å². The molecule has 1 fully saturated rings. The van der Waals surface area contributed by atoms with E-state index in [2.05, 4.69) is 50.3 Å². The molecule has 0 atom stereocenters. The molecule has 8 heteroatoms. The second kappa shape index (κ2) is 7.08. The number of nitrogens with one attached hydrogen (secondary N) is 2. The molecule has 1 saturated carbocycles. The molecular formula is C16H17N5S3. The summed E-state index contributed by atoms with van der Waals surface area (Å²) in [7, 11) is 0. The van der Waals surface area contributed by atoms with E-state index in [1.54, 1.807) is 34.4 Å². The fraction of sp³-hybridized carbons (Fsp3) is 0.312. The molecule has 24 heavy (non-hydrogen) atoms. The van der Waals surface area contributed by atoms with E-state index in [4.69, 9.17) is 0 Å². The highest BCUT2D eigenvalue weighted by Crippen LogP contribution is 2.32. The number of thiazole rings is 1. The number of nitrogens with zero attached hydrogens (tertiary/aromatic N) is 3. The molecule has 0 unspecified atom stereocenters. The number of rotatable bonds is 7. The van der Waals surface area contributed by atoms with Gasteiger partial charge < -0.3 is 10.6 Å². The van der Waals surface area contributed by atoms with Crippen LogP contribution in [-0.2, 0) is 5.75 Å². The topological polar surface area (TPSA) is 62.7 Å². The van der Waals surface area contributed by atoms with Gasteiger partial charge in [-0.1, -0.05) is 41.3 Å². The van der Waals surface area contributed by atoms with Crippen LogP contribution in [-0.4, -0.2) is 21.2 Å². The number of anilines is 3. The van der Waals surface area contributed by atoms with Gasteiger partial charge in [0.05, 0.1) is 5.69 Å². The van der Waals surface area contributed by atoms with Gasteiger partial charge in [-0.05, 0) is 31.4 Å². The van der Waals surface area contributed by atoms with Gasteiger partial charge in [0, 0.05) is 22.9 Å². The summed E-state index contributed by atoms with van der Waals surface area (Å²) in [6, 6.07) is 8.85. The average Bonchev–Trinajstić information content (AvgIpc) is 3.09. The molecule has 1 aliphatic rings. The van der Waals surface area contributed by atoms with E-state index < -0.39 is 0 Å². The van der Waals surface area contributed by atoms with Gasteiger partial charge in [-0.2, -0.15) is 0 Å². The largest absolute Gasteiger partial charge is 0.357 e. The second-order valence-corrected chi connectivity index (χ2v) is 8.72. The standard InChI is InChI=1S/C16H17N5S3/c1-10-4-2-3-5-13(10)19-14-18-12(8-22-14)9-23-16-21-20-15(24-16)17-11-6-7-11/h2-5,8,11H,6-7,9H2,1H3,(H,17,20)(H,18,19). The minimum absolute atomic E-state index is 0.615. The Morgan fingerprint density at radius 2 is 2.08 bits per heavy atom. The highest BCUT2D eigenvalue weighted by atomic mass is 32.2. The second-order valence-electron chi connectivity index (χ2n) is 5.66. The summed E-state index contributed by atoms with van der Waals surface area (Å²) >= 11 is 4.94. The van der Waals surface area contributed by atoms with Crippen molar-refractivity contribution in [3.8, 4) is 0 Å². The van der Waals surface area contributed by atoms with Crippen molar-refractivity contribution in [2.45, 2.75) is 35.9 Å². The van der Waals surface area contributed by atoms with Crippen molar-refractivity contribution < 1.29 is 0 Å². The summed E-state index contributed by atoms with van der Waals surface area (Å²) in [5, 5.41) is 19.1. The summed E-state index contributed by atoms with van der Waals surface area (Å²) in [5.41, 5.74) is 3.38. The third kappa shape index (κ3) is 4.06. The molecule has 2 aromatic heterocycles. The lowest BCUT2D eigenvalue weighted by Crippen LogP contribution is -1.99. The summed E-state index contributed by atoms with van der Waals surface area (Å²) in [5.74, 6) is 0.810. The van der Waals surface area contributed by atoms with Crippen molar-refractivity contribution >= 4 is 50.4 Å². The number of benzene rings is 1. The van der Waals surface area contributed by atoms with Gasteiger partial charge in [0.15, 0.2) is 9.47 Å². The third-order valence-corrected chi connectivity index (χ3v) is 6.42. The van der Waals surface area contributed by atoms with Crippen LogP contribution in [0.15, 0.2) is 34.0 Å². The van der Waals surface area contributed by atoms with Crippen LogP contribution < -0.4 is 10.6 Å². The van der Waals surface area contributed by atoms with Crippen molar-refractivity contribution in [1.29, 1.82) is 0 Å². The summed E-state index contributed by atoms with van der Waals surface area (Å²) in [6.45, 7) is 2.09. The maximum absolute atomic E-state index is 4.65. The van der Waals surface area contributed by atoms with Gasteiger partial charge in [0.25, 0.3) is 0 Å². The molecule has 2 N–H and O–H groups in total. The van der Waals surface area contributed by atoms with Crippen molar-refractivity contribution in [3.63, 3.8) is 0 Å². The molecule has 0 spiro atoms. The van der Waals surface area contributed by atoms with E-state index in [9.17, 15) is 0 Å². The van der Waals surface area contributed by atoms with E-state index in [0.717, 1.165) is 31.7 Å². The smallest absolute Gasteiger partial charge is 0.206 e. The maximum atomic E-state index is 4.65. The van der Waals surface area contributed by atoms with E-state index >= 15 is 0 Å². The summed E-state index contributed by atoms with van der Waals surface area (Å²) < 4.78 is 0.986. The number of hydrogen-bond acceptors (Lipinski definition) is 8. The molecule has 0 saturated heterocycles. The Balaban J connectivity index is 1.33. The van der Waals surface area contributed by atoms with Gasteiger partial charge in [0.2, 0.25) is 5.13 Å². The Kier molecular flexibility index (Phi) is 4.68. The van der Waals surface area contributed by atoms with E-state index in [1.807, 2.05) is 12.1 Å². The predicted molar refractivity (Wildman–Crippen MR) is 103 cm³/mol. The van der Waals surface area contributed by atoms with Gasteiger partial charge in [-0.3, -0.25) is 0 Å². The van der Waals surface area contributed by atoms with Crippen LogP contribution >= 0.6 is 34.4 Å². The molecular weight excluding hydrogens is 358 g/mol. The Morgan fingerprint density at radius 3 is 2.92 bits per heavy atom. The van der Waals surface area contributed by atoms with Crippen LogP contribution in [0.1, 0.15) is 24.1 Å². The van der Waals surface area contributed by atoms with Crippen LogP contribution in [0.5, 0.6) is 0 Å². The first-order valence-electron chi connectivity index (χ1n) is 7.76. The molecule has 0 aliphatic heterocycles. The summed E-state index contributed by atoms with van der Waals surface area (Å²) in [6.07, 6.45) is 2.50. The Morgan fingerprint density at radius 1 is 1.21 bits per heavy atom. The molecule has 0 radical (unpaired) electrons. The van der Waals surface area contributed by atoms with Gasteiger partial charge in [0.1, 0.15) is 0 Å². The molecule has 4 rings (SSSR count). The summed E-state index contributed by atoms with van der Waals surface area (Å²) in [4.78, 5) is 4.65. The van der Waals surface area contributed by atoms with E-state index in [1.165, 1.54) is 18.4 Å². The SMILES string of the molecule is Cc1ccccc1Nc1nc(CSc2nnc(NC3CC3)s2)cs1. The van der Waals surface area contributed by atoms with Crippen molar-refractivity contribution in [1.82, 2.24) is 15.2 Å². The van der Waals surface area contributed by atoms with Crippen LogP contribution in [0.2, 0.25) is 0 Å². The number of para-hydroxylation sites is 1. The zero-order chi connectivity index (χ0) is 16.4. The fourth-order valence-corrected chi connectivity index (χ4v) is 4.67. The lowest BCUT2D eigenvalue weighted by Gasteiger charge is -2.05.